The van der Waals surface area contributed by atoms with E-state index >= 15 is 0 Å². The third kappa shape index (κ3) is 4.38. The lowest BCUT2D eigenvalue weighted by molar-refractivity contribution is 0.234. The Labute approximate surface area is 179 Å². The summed E-state index contributed by atoms with van der Waals surface area (Å²) in [7, 11) is 3.21. The van der Waals surface area contributed by atoms with Crippen molar-refractivity contribution in [3.63, 3.8) is 0 Å². The van der Waals surface area contributed by atoms with Gasteiger partial charge in [-0.25, -0.2) is 0 Å². The average molecular weight is 429 g/mol. The lowest BCUT2D eigenvalue weighted by Crippen LogP contribution is -2.44. The summed E-state index contributed by atoms with van der Waals surface area (Å²) in [6.45, 7) is 2.26. The van der Waals surface area contributed by atoms with Gasteiger partial charge in [0.2, 0.25) is 5.82 Å². The molecule has 9 nitrogen and oxygen atoms in total. The summed E-state index contributed by atoms with van der Waals surface area (Å²) < 4.78 is 16.0. The smallest absolute Gasteiger partial charge is 0.205 e. The van der Waals surface area contributed by atoms with Crippen LogP contribution < -0.4 is 14.8 Å². The van der Waals surface area contributed by atoms with Crippen LogP contribution >= 0.6 is 12.2 Å². The van der Waals surface area contributed by atoms with Gasteiger partial charge in [0, 0.05) is 18.7 Å². The van der Waals surface area contributed by atoms with E-state index in [4.69, 9.17) is 26.1 Å². The Balaban J connectivity index is 1.34. The average Bonchev–Trinajstić information content (AvgIpc) is 3.49. The first-order chi connectivity index (χ1) is 14.7. The van der Waals surface area contributed by atoms with Crippen molar-refractivity contribution in [2.45, 2.75) is 25.4 Å². The van der Waals surface area contributed by atoms with Crippen LogP contribution in [0, 0.1) is 0 Å². The second-order valence-electron chi connectivity index (χ2n) is 6.96. The number of methoxy groups -OCH3 is 2. The summed E-state index contributed by atoms with van der Waals surface area (Å²) in [6.07, 6.45) is 3.45. The molecule has 0 aliphatic carbocycles. The Morgan fingerprint density at radius 3 is 2.70 bits per heavy atom. The molecule has 1 aliphatic rings. The zero-order valence-corrected chi connectivity index (χ0v) is 17.8. The second kappa shape index (κ2) is 9.12. The molecule has 0 saturated carbocycles. The topological polar surface area (TPSA) is 90.5 Å². The highest BCUT2D eigenvalue weighted by Crippen LogP contribution is 2.31. The van der Waals surface area contributed by atoms with Crippen molar-refractivity contribution in [2.75, 3.05) is 27.3 Å². The molecule has 0 unspecified atom stereocenters. The summed E-state index contributed by atoms with van der Waals surface area (Å²) in [5.41, 5.74) is 0.833. The number of aromatic nitrogens is 4. The fourth-order valence-electron chi connectivity index (χ4n) is 3.46. The Kier molecular flexibility index (Phi) is 6.12. The molecule has 3 heterocycles. The first kappa shape index (κ1) is 20.1. The standard InChI is InChI=1S/C20H24N6O3S/c1-27-17-6-5-14(12-18(17)28-2)19-22-24-26(23-19)15-7-9-25(10-8-15)20(30)21-13-16-4-3-11-29-16/h3-6,11-12,15H,7-10,13H2,1-2H3,(H,21,30). The maximum absolute atomic E-state index is 5.52. The van der Waals surface area contributed by atoms with Gasteiger partial charge in [-0.3, -0.25) is 0 Å². The Morgan fingerprint density at radius 2 is 2.00 bits per heavy atom. The Morgan fingerprint density at radius 1 is 1.20 bits per heavy atom. The first-order valence-electron chi connectivity index (χ1n) is 9.75. The fraction of sp³-hybridized carbons (Fsp3) is 0.400. The van der Waals surface area contributed by atoms with E-state index in [9.17, 15) is 0 Å². The minimum Gasteiger partial charge on any atom is -0.493 e. The van der Waals surface area contributed by atoms with Crippen molar-refractivity contribution in [1.29, 1.82) is 0 Å². The van der Waals surface area contributed by atoms with E-state index in [1.807, 2.05) is 30.3 Å². The minimum atomic E-state index is 0.190. The van der Waals surface area contributed by atoms with Crippen molar-refractivity contribution in [1.82, 2.24) is 30.4 Å². The van der Waals surface area contributed by atoms with Crippen LogP contribution in [0.5, 0.6) is 11.5 Å². The summed E-state index contributed by atoms with van der Waals surface area (Å²) in [5.74, 6) is 2.73. The molecule has 2 aromatic heterocycles. The van der Waals surface area contributed by atoms with E-state index in [1.165, 1.54) is 0 Å². The van der Waals surface area contributed by atoms with Gasteiger partial charge in [0.1, 0.15) is 5.76 Å². The van der Waals surface area contributed by atoms with Gasteiger partial charge in [-0.2, -0.15) is 4.80 Å². The van der Waals surface area contributed by atoms with Gasteiger partial charge in [-0.1, -0.05) is 0 Å². The number of hydrogen-bond acceptors (Lipinski definition) is 7. The highest BCUT2D eigenvalue weighted by Gasteiger charge is 2.24. The molecule has 0 atom stereocenters. The number of benzene rings is 1. The molecule has 3 aromatic rings. The van der Waals surface area contributed by atoms with Crippen LogP contribution in [-0.2, 0) is 6.54 Å². The van der Waals surface area contributed by atoms with Crippen LogP contribution in [0.2, 0.25) is 0 Å². The number of hydrogen-bond donors (Lipinski definition) is 1. The highest BCUT2D eigenvalue weighted by molar-refractivity contribution is 7.80. The molecule has 1 aliphatic heterocycles. The number of thiocarbonyl (C=S) groups is 1. The molecule has 1 aromatic carbocycles. The lowest BCUT2D eigenvalue weighted by Gasteiger charge is -2.33. The Bertz CT molecular complexity index is 982. The normalized spacial score (nSPS) is 14.5. The quantitative estimate of drug-likeness (QED) is 0.595. The van der Waals surface area contributed by atoms with Crippen LogP contribution in [0.1, 0.15) is 24.6 Å². The lowest BCUT2D eigenvalue weighted by atomic mass is 10.1. The van der Waals surface area contributed by atoms with Crippen molar-refractivity contribution in [3.05, 3.63) is 42.4 Å². The number of nitrogens with one attached hydrogen (secondary N) is 1. The van der Waals surface area contributed by atoms with Crippen LogP contribution in [-0.4, -0.2) is 57.5 Å². The second-order valence-corrected chi connectivity index (χ2v) is 7.35. The van der Waals surface area contributed by atoms with Crippen LogP contribution in [0.25, 0.3) is 11.4 Å². The van der Waals surface area contributed by atoms with Gasteiger partial charge in [-0.05, 0) is 60.6 Å². The van der Waals surface area contributed by atoms with Gasteiger partial charge >= 0.3 is 0 Å². The molecule has 4 rings (SSSR count). The van der Waals surface area contributed by atoms with Gasteiger partial charge in [0.25, 0.3) is 0 Å². The molecule has 1 N–H and O–H groups in total. The largest absolute Gasteiger partial charge is 0.493 e. The Hall–Kier alpha value is -3.14. The molecule has 30 heavy (non-hydrogen) atoms. The number of furan rings is 1. The molecular weight excluding hydrogens is 404 g/mol. The van der Waals surface area contributed by atoms with Crippen LogP contribution in [0.4, 0.5) is 0 Å². The van der Waals surface area contributed by atoms with E-state index in [0.717, 1.165) is 42.4 Å². The van der Waals surface area contributed by atoms with Gasteiger partial charge in [0.05, 0.1) is 33.1 Å². The fourth-order valence-corrected chi connectivity index (χ4v) is 3.71. The van der Waals surface area contributed by atoms with E-state index in [-0.39, 0.29) is 6.04 Å². The molecule has 0 bridgehead atoms. The van der Waals surface area contributed by atoms with Crippen LogP contribution in [0.15, 0.2) is 41.0 Å². The summed E-state index contributed by atoms with van der Waals surface area (Å²) in [6, 6.07) is 9.57. The van der Waals surface area contributed by atoms with E-state index in [1.54, 1.807) is 25.3 Å². The van der Waals surface area contributed by atoms with Crippen molar-refractivity contribution >= 4 is 17.3 Å². The van der Waals surface area contributed by atoms with Gasteiger partial charge in [-0.15, -0.1) is 10.2 Å². The zero-order chi connectivity index (χ0) is 20.9. The number of piperidine rings is 1. The number of nitrogens with zero attached hydrogens (tertiary/aromatic N) is 5. The molecule has 158 valence electrons. The van der Waals surface area contributed by atoms with Crippen LogP contribution in [0.3, 0.4) is 0 Å². The van der Waals surface area contributed by atoms with E-state index < -0.39 is 0 Å². The monoisotopic (exact) mass is 428 g/mol. The predicted molar refractivity (Wildman–Crippen MR) is 114 cm³/mol. The first-order valence-corrected chi connectivity index (χ1v) is 10.2. The van der Waals surface area contributed by atoms with Crippen molar-refractivity contribution in [3.8, 4) is 22.9 Å². The van der Waals surface area contributed by atoms with E-state index in [0.29, 0.717) is 23.9 Å². The van der Waals surface area contributed by atoms with Gasteiger partial charge in [0.15, 0.2) is 16.6 Å². The van der Waals surface area contributed by atoms with Crippen molar-refractivity contribution in [2.24, 2.45) is 0 Å². The minimum absolute atomic E-state index is 0.190. The number of tetrazole rings is 1. The number of rotatable bonds is 6. The number of ether oxygens (including phenoxy) is 2. The SMILES string of the molecule is COc1ccc(-c2nnn(C3CCN(C(=S)NCc4ccco4)CC3)n2)cc1OC. The molecule has 1 saturated heterocycles. The highest BCUT2D eigenvalue weighted by atomic mass is 32.1. The third-order valence-corrected chi connectivity index (χ3v) is 5.54. The maximum atomic E-state index is 5.52. The van der Waals surface area contributed by atoms with Crippen molar-refractivity contribution < 1.29 is 13.9 Å². The molecule has 0 radical (unpaired) electrons. The van der Waals surface area contributed by atoms with Gasteiger partial charge < -0.3 is 24.1 Å². The summed E-state index contributed by atoms with van der Waals surface area (Å²) in [4.78, 5) is 3.88. The molecule has 1 fully saturated rings. The summed E-state index contributed by atoms with van der Waals surface area (Å²) in [5, 5.41) is 17.1. The molecule has 0 amide bonds. The molecular formula is C20H24N6O3S. The predicted octanol–water partition coefficient (Wildman–Crippen LogP) is 2.66. The maximum Gasteiger partial charge on any atom is 0.205 e. The molecule has 10 heteroatoms. The zero-order valence-electron chi connectivity index (χ0n) is 16.9. The number of likely N-dealkylation sites (tertiary alicyclic amines) is 1. The molecule has 0 spiro atoms. The third-order valence-electron chi connectivity index (χ3n) is 5.14. The van der Waals surface area contributed by atoms with E-state index in [2.05, 4.69) is 25.6 Å². The summed E-state index contributed by atoms with van der Waals surface area (Å²) >= 11 is 5.52.